The number of nitrogen functional groups attached to an aromatic ring is 1. The Morgan fingerprint density at radius 1 is 1.03 bits per heavy atom. The summed E-state index contributed by atoms with van der Waals surface area (Å²) in [5.41, 5.74) is 9.23. The molecule has 0 bridgehead atoms. The fourth-order valence-electron chi connectivity index (χ4n) is 3.58. The highest BCUT2D eigenvalue weighted by atomic mass is 35.5. The summed E-state index contributed by atoms with van der Waals surface area (Å²) in [7, 11) is 3.18. The van der Waals surface area contributed by atoms with Crippen LogP contribution in [0.15, 0.2) is 30.3 Å². The SMILES string of the molecule is CCC1C(=O)NC(c2ccc(Cl)c(N)c2)c2cc(OC)c(OC)cc21.CCNCC. The Morgan fingerprint density at radius 2 is 1.63 bits per heavy atom. The van der Waals surface area contributed by atoms with Crippen LogP contribution in [0.1, 0.15) is 55.8 Å². The predicted molar refractivity (Wildman–Crippen MR) is 123 cm³/mol. The van der Waals surface area contributed by atoms with Crippen LogP contribution in [0, 0.1) is 0 Å². The van der Waals surface area contributed by atoms with E-state index in [-0.39, 0.29) is 17.9 Å². The monoisotopic (exact) mass is 433 g/mol. The summed E-state index contributed by atoms with van der Waals surface area (Å²) in [5.74, 6) is 0.999. The first-order chi connectivity index (χ1) is 14.4. The van der Waals surface area contributed by atoms with E-state index in [2.05, 4.69) is 24.5 Å². The number of nitrogens with two attached hydrogens (primary N) is 1. The molecule has 164 valence electrons. The predicted octanol–water partition coefficient (Wildman–Crippen LogP) is 4.27. The minimum absolute atomic E-state index is 0.0132. The third kappa shape index (κ3) is 5.18. The molecule has 2 aromatic carbocycles. The summed E-state index contributed by atoms with van der Waals surface area (Å²) in [6, 6.07) is 8.91. The molecule has 30 heavy (non-hydrogen) atoms. The molecule has 0 saturated heterocycles. The Hall–Kier alpha value is -2.44. The maximum absolute atomic E-state index is 12.6. The van der Waals surface area contributed by atoms with Gasteiger partial charge in [-0.3, -0.25) is 4.79 Å². The molecule has 7 heteroatoms. The maximum atomic E-state index is 12.6. The normalized spacial score (nSPS) is 17.3. The first-order valence-corrected chi connectivity index (χ1v) is 10.6. The average molecular weight is 434 g/mol. The van der Waals surface area contributed by atoms with Crippen LogP contribution in [0.5, 0.6) is 11.5 Å². The first kappa shape index (κ1) is 23.8. The van der Waals surface area contributed by atoms with Crippen LogP contribution >= 0.6 is 11.6 Å². The van der Waals surface area contributed by atoms with Gasteiger partial charge in [0.2, 0.25) is 5.91 Å². The number of rotatable bonds is 6. The molecule has 0 fully saturated rings. The molecule has 1 aliphatic heterocycles. The Morgan fingerprint density at radius 3 is 2.10 bits per heavy atom. The van der Waals surface area contributed by atoms with Crippen molar-refractivity contribution in [2.24, 2.45) is 0 Å². The van der Waals surface area contributed by atoms with Crippen molar-refractivity contribution in [1.82, 2.24) is 10.6 Å². The van der Waals surface area contributed by atoms with Gasteiger partial charge in [0.15, 0.2) is 11.5 Å². The van der Waals surface area contributed by atoms with E-state index in [1.807, 2.05) is 25.1 Å². The quantitative estimate of drug-likeness (QED) is 0.592. The number of methoxy groups -OCH3 is 2. The molecule has 1 heterocycles. The van der Waals surface area contributed by atoms with Gasteiger partial charge in [-0.2, -0.15) is 0 Å². The summed E-state index contributed by atoms with van der Waals surface area (Å²) >= 11 is 6.03. The standard InChI is InChI=1S/C19H21ClN2O3.C4H11N/c1-4-11-12-8-16(24-2)17(25-3)9-13(12)18(22-19(11)23)10-5-6-14(20)15(21)7-10;1-3-5-4-2/h5-9,11,18H,4,21H2,1-3H3,(H,22,23);5H,3-4H2,1-2H3. The van der Waals surface area contributed by atoms with E-state index in [4.69, 9.17) is 26.8 Å². The number of anilines is 1. The summed E-state index contributed by atoms with van der Waals surface area (Å²) < 4.78 is 10.9. The van der Waals surface area contributed by atoms with E-state index in [9.17, 15) is 4.79 Å². The molecule has 0 radical (unpaired) electrons. The Bertz CT molecular complexity index is 871. The smallest absolute Gasteiger partial charge is 0.228 e. The van der Waals surface area contributed by atoms with Gasteiger partial charge in [-0.15, -0.1) is 0 Å². The molecule has 2 unspecified atom stereocenters. The van der Waals surface area contributed by atoms with Crippen LogP contribution in [0.3, 0.4) is 0 Å². The minimum atomic E-state index is -0.315. The van der Waals surface area contributed by atoms with E-state index in [0.717, 1.165) is 29.8 Å². The molecule has 0 saturated carbocycles. The summed E-state index contributed by atoms with van der Waals surface area (Å²) in [6.07, 6.45) is 0.698. The highest BCUT2D eigenvalue weighted by Crippen LogP contribution is 2.42. The molecule has 2 aromatic rings. The summed E-state index contributed by atoms with van der Waals surface area (Å²) in [4.78, 5) is 12.6. The van der Waals surface area contributed by atoms with E-state index < -0.39 is 0 Å². The Labute approximate surface area is 184 Å². The van der Waals surface area contributed by atoms with Crippen molar-refractivity contribution in [3.8, 4) is 11.5 Å². The number of nitrogens with one attached hydrogen (secondary N) is 2. The number of hydrogen-bond acceptors (Lipinski definition) is 5. The van der Waals surface area contributed by atoms with E-state index >= 15 is 0 Å². The van der Waals surface area contributed by atoms with Crippen molar-refractivity contribution in [2.75, 3.05) is 33.0 Å². The molecule has 0 aromatic heterocycles. The van der Waals surface area contributed by atoms with Gasteiger partial charge in [-0.05, 0) is 60.5 Å². The van der Waals surface area contributed by atoms with Gasteiger partial charge < -0.3 is 25.8 Å². The van der Waals surface area contributed by atoms with Crippen molar-refractivity contribution in [1.29, 1.82) is 0 Å². The van der Waals surface area contributed by atoms with Gasteiger partial charge in [-0.1, -0.05) is 38.4 Å². The van der Waals surface area contributed by atoms with Crippen LogP contribution in [-0.2, 0) is 4.79 Å². The van der Waals surface area contributed by atoms with Crippen molar-refractivity contribution in [3.05, 3.63) is 52.0 Å². The molecular weight excluding hydrogens is 402 g/mol. The second kappa shape index (κ2) is 11.1. The second-order valence-corrected chi connectivity index (χ2v) is 7.38. The Kier molecular flexibility index (Phi) is 8.81. The fourth-order valence-corrected chi connectivity index (χ4v) is 3.70. The van der Waals surface area contributed by atoms with Crippen LogP contribution in [0.4, 0.5) is 5.69 Å². The van der Waals surface area contributed by atoms with Crippen LogP contribution < -0.4 is 25.8 Å². The van der Waals surface area contributed by atoms with Crippen LogP contribution in [0.25, 0.3) is 0 Å². The molecular formula is C23H32ClN3O3. The number of hydrogen-bond donors (Lipinski definition) is 3. The van der Waals surface area contributed by atoms with E-state index in [1.165, 1.54) is 0 Å². The fraction of sp³-hybridized carbons (Fsp3) is 0.435. The maximum Gasteiger partial charge on any atom is 0.228 e. The average Bonchev–Trinajstić information content (AvgIpc) is 2.75. The van der Waals surface area contributed by atoms with Gasteiger partial charge in [-0.25, -0.2) is 0 Å². The molecule has 2 atom stereocenters. The number of ether oxygens (including phenoxy) is 2. The number of halogens is 1. The highest BCUT2D eigenvalue weighted by molar-refractivity contribution is 6.33. The Balaban J connectivity index is 0.000000575. The first-order valence-electron chi connectivity index (χ1n) is 10.2. The molecule has 6 nitrogen and oxygen atoms in total. The molecule has 0 aliphatic carbocycles. The molecule has 1 amide bonds. The van der Waals surface area contributed by atoms with Gasteiger partial charge in [0.25, 0.3) is 0 Å². The molecule has 1 aliphatic rings. The van der Waals surface area contributed by atoms with Crippen molar-refractivity contribution in [3.63, 3.8) is 0 Å². The van der Waals surface area contributed by atoms with Crippen LogP contribution in [-0.4, -0.2) is 33.2 Å². The molecule has 0 spiro atoms. The van der Waals surface area contributed by atoms with E-state index in [0.29, 0.717) is 28.6 Å². The molecule has 4 N–H and O–H groups in total. The third-order valence-electron chi connectivity index (χ3n) is 5.14. The van der Waals surface area contributed by atoms with Crippen molar-refractivity contribution in [2.45, 2.75) is 39.2 Å². The van der Waals surface area contributed by atoms with Gasteiger partial charge in [0, 0.05) is 0 Å². The number of fused-ring (bicyclic) bond motifs is 1. The van der Waals surface area contributed by atoms with Crippen molar-refractivity contribution < 1.29 is 14.3 Å². The zero-order valence-corrected chi connectivity index (χ0v) is 19.1. The lowest BCUT2D eigenvalue weighted by atomic mass is 9.82. The number of carbonyl (C=O) groups is 1. The topological polar surface area (TPSA) is 85.6 Å². The van der Waals surface area contributed by atoms with Crippen LogP contribution in [0.2, 0.25) is 5.02 Å². The van der Waals surface area contributed by atoms with Gasteiger partial charge in [0.05, 0.1) is 36.9 Å². The van der Waals surface area contributed by atoms with Crippen molar-refractivity contribution >= 4 is 23.2 Å². The minimum Gasteiger partial charge on any atom is -0.493 e. The lowest BCUT2D eigenvalue weighted by Gasteiger charge is -2.33. The number of carbonyl (C=O) groups excluding carboxylic acids is 1. The molecule has 3 rings (SSSR count). The van der Waals surface area contributed by atoms with Gasteiger partial charge in [0.1, 0.15) is 0 Å². The zero-order chi connectivity index (χ0) is 22.3. The lowest BCUT2D eigenvalue weighted by Crippen LogP contribution is -2.39. The third-order valence-corrected chi connectivity index (χ3v) is 5.48. The number of benzene rings is 2. The summed E-state index contributed by atoms with van der Waals surface area (Å²) in [6.45, 7) is 8.38. The van der Waals surface area contributed by atoms with E-state index in [1.54, 1.807) is 26.4 Å². The highest BCUT2D eigenvalue weighted by Gasteiger charge is 2.34. The number of amides is 1. The largest absolute Gasteiger partial charge is 0.493 e. The lowest BCUT2D eigenvalue weighted by molar-refractivity contribution is -0.123. The zero-order valence-electron chi connectivity index (χ0n) is 18.3. The summed E-state index contributed by atoms with van der Waals surface area (Å²) in [5, 5.41) is 6.69. The second-order valence-electron chi connectivity index (χ2n) is 6.98. The van der Waals surface area contributed by atoms with Gasteiger partial charge >= 0.3 is 0 Å².